The number of amides is 1. The number of aromatic nitrogens is 1. The van der Waals surface area contributed by atoms with E-state index in [0.717, 1.165) is 12.1 Å². The number of carbonyl (C=O) groups excluding carboxylic acids is 1. The van der Waals surface area contributed by atoms with Crippen LogP contribution in [-0.2, 0) is 11.3 Å². The first-order chi connectivity index (χ1) is 10.1. The molecule has 0 aliphatic heterocycles. The molecule has 0 saturated carbocycles. The highest BCUT2D eigenvalue weighted by molar-refractivity contribution is 5.95. The number of benzene rings is 1. The molecule has 1 aromatic carbocycles. The van der Waals surface area contributed by atoms with Crippen molar-refractivity contribution in [2.75, 3.05) is 0 Å². The molecule has 2 rings (SSSR count). The summed E-state index contributed by atoms with van der Waals surface area (Å²) in [5.74, 6) is -2.45. The molecule has 0 atom stereocenters. The van der Waals surface area contributed by atoms with Crippen LogP contribution in [0.5, 0.6) is 0 Å². The highest BCUT2D eigenvalue weighted by Gasteiger charge is 2.12. The lowest BCUT2D eigenvalue weighted by atomic mass is 10.1. The van der Waals surface area contributed by atoms with E-state index in [1.807, 2.05) is 0 Å². The van der Waals surface area contributed by atoms with Gasteiger partial charge in [0.2, 0.25) is 0 Å². The molecule has 0 aliphatic carbocycles. The molecule has 0 unspecified atom stereocenters. The van der Waals surface area contributed by atoms with E-state index >= 15 is 0 Å². The van der Waals surface area contributed by atoms with Gasteiger partial charge < -0.3 is 14.9 Å². The minimum atomic E-state index is -1.13. The fourth-order valence-electron chi connectivity index (χ4n) is 1.58. The largest absolute Gasteiger partial charge is 0.478 e. The molecule has 2 N–H and O–H groups in total. The van der Waals surface area contributed by atoms with Gasteiger partial charge in [-0.2, -0.15) is 0 Å². The Hall–Kier alpha value is -2.96. The highest BCUT2D eigenvalue weighted by Crippen LogP contribution is 2.12. The van der Waals surface area contributed by atoms with Gasteiger partial charge in [0.25, 0.3) is 5.91 Å². The molecule has 1 aromatic heterocycles. The van der Waals surface area contributed by atoms with Crippen molar-refractivity contribution in [2.45, 2.75) is 6.54 Å². The summed E-state index contributed by atoms with van der Waals surface area (Å²) in [6, 6.07) is 5.32. The van der Waals surface area contributed by atoms with Crippen molar-refractivity contribution >= 4 is 18.0 Å². The van der Waals surface area contributed by atoms with Crippen molar-refractivity contribution in [2.24, 2.45) is 0 Å². The van der Waals surface area contributed by atoms with Crippen LogP contribution >= 0.6 is 0 Å². The fourth-order valence-corrected chi connectivity index (χ4v) is 1.58. The summed E-state index contributed by atoms with van der Waals surface area (Å²) in [5, 5.41) is 14.6. The Kier molecular flexibility index (Phi) is 4.45. The van der Waals surface area contributed by atoms with Gasteiger partial charge in [0.15, 0.2) is 0 Å². The number of hydrogen-bond acceptors (Lipinski definition) is 4. The first-order valence-electron chi connectivity index (χ1n) is 5.94. The summed E-state index contributed by atoms with van der Waals surface area (Å²) in [6.07, 6.45) is 3.54. The molecule has 0 radical (unpaired) electrons. The number of hydrogen-bond donors (Lipinski definition) is 2. The minimum absolute atomic E-state index is 0.101. The maximum absolute atomic E-state index is 13.6. The number of aliphatic carboxylic acids is 1. The van der Waals surface area contributed by atoms with Crippen LogP contribution in [0.2, 0.25) is 0 Å². The lowest BCUT2D eigenvalue weighted by molar-refractivity contribution is -0.131. The number of carbonyl (C=O) groups is 2. The Bertz CT molecular complexity index is 680. The smallest absolute Gasteiger partial charge is 0.328 e. The number of halogens is 1. The normalized spacial score (nSPS) is 10.7. The maximum Gasteiger partial charge on any atom is 0.328 e. The summed E-state index contributed by atoms with van der Waals surface area (Å²) in [5.41, 5.74) is 0.738. The van der Waals surface area contributed by atoms with Crippen LogP contribution in [0, 0.1) is 5.82 Å². The van der Waals surface area contributed by atoms with Crippen LogP contribution in [0.4, 0.5) is 4.39 Å². The molecule has 7 heteroatoms. The van der Waals surface area contributed by atoms with Gasteiger partial charge in [-0.3, -0.25) is 4.79 Å². The van der Waals surface area contributed by atoms with Gasteiger partial charge >= 0.3 is 5.97 Å². The Morgan fingerprint density at radius 1 is 1.38 bits per heavy atom. The van der Waals surface area contributed by atoms with Gasteiger partial charge in [-0.05, 0) is 23.8 Å². The molecule has 21 heavy (non-hydrogen) atoms. The Labute approximate surface area is 118 Å². The lowest BCUT2D eigenvalue weighted by Crippen LogP contribution is -2.24. The van der Waals surface area contributed by atoms with Crippen LogP contribution in [0.25, 0.3) is 6.08 Å². The van der Waals surface area contributed by atoms with Crippen LogP contribution in [0.3, 0.4) is 0 Å². The lowest BCUT2D eigenvalue weighted by Gasteiger charge is -2.05. The molecule has 108 valence electrons. The number of nitrogens with zero attached hydrogens (tertiary/aromatic N) is 1. The van der Waals surface area contributed by atoms with Crippen molar-refractivity contribution < 1.29 is 23.6 Å². The van der Waals surface area contributed by atoms with Crippen molar-refractivity contribution in [3.63, 3.8) is 0 Å². The summed E-state index contributed by atoms with van der Waals surface area (Å²) in [7, 11) is 0. The van der Waals surface area contributed by atoms with Crippen LogP contribution in [-0.4, -0.2) is 22.1 Å². The van der Waals surface area contributed by atoms with E-state index in [9.17, 15) is 14.0 Å². The van der Waals surface area contributed by atoms with Gasteiger partial charge in [0.1, 0.15) is 17.8 Å². The Morgan fingerprint density at radius 3 is 2.86 bits per heavy atom. The van der Waals surface area contributed by atoms with E-state index in [2.05, 4.69) is 15.0 Å². The third kappa shape index (κ3) is 4.00. The van der Waals surface area contributed by atoms with Crippen molar-refractivity contribution in [1.29, 1.82) is 0 Å². The molecule has 0 fully saturated rings. The third-order valence-electron chi connectivity index (χ3n) is 2.57. The standard InChI is InChI=1S/C14H11FN2O4/c15-12-3-1-9(2-4-13(18)19)7-11(12)14(20)16-8-10-5-6-21-17-10/h1-7H,8H2,(H,16,20)(H,18,19)/b4-2+. The first-order valence-corrected chi connectivity index (χ1v) is 5.94. The zero-order valence-corrected chi connectivity index (χ0v) is 10.7. The quantitative estimate of drug-likeness (QED) is 0.820. The van der Waals surface area contributed by atoms with E-state index in [4.69, 9.17) is 5.11 Å². The Balaban J connectivity index is 2.12. The number of carboxylic acid groups (broad SMARTS) is 1. The van der Waals surface area contributed by atoms with E-state index in [1.165, 1.54) is 24.5 Å². The molecule has 6 nitrogen and oxygen atoms in total. The second-order valence-corrected chi connectivity index (χ2v) is 4.08. The summed E-state index contributed by atoms with van der Waals surface area (Å²) < 4.78 is 18.3. The van der Waals surface area contributed by atoms with Crippen LogP contribution in [0.1, 0.15) is 21.6 Å². The van der Waals surface area contributed by atoms with E-state index in [0.29, 0.717) is 11.3 Å². The Morgan fingerprint density at radius 2 is 2.19 bits per heavy atom. The topological polar surface area (TPSA) is 92.4 Å². The zero-order valence-electron chi connectivity index (χ0n) is 10.7. The minimum Gasteiger partial charge on any atom is -0.478 e. The van der Waals surface area contributed by atoms with E-state index in [1.54, 1.807) is 6.07 Å². The van der Waals surface area contributed by atoms with Gasteiger partial charge in [-0.25, -0.2) is 9.18 Å². The number of rotatable bonds is 5. The first kappa shape index (κ1) is 14.4. The fraction of sp³-hybridized carbons (Fsp3) is 0.0714. The van der Waals surface area contributed by atoms with E-state index < -0.39 is 17.7 Å². The second kappa shape index (κ2) is 6.47. The summed E-state index contributed by atoms with van der Waals surface area (Å²) >= 11 is 0. The van der Waals surface area contributed by atoms with Gasteiger partial charge in [0.05, 0.1) is 12.1 Å². The maximum atomic E-state index is 13.6. The number of nitrogens with one attached hydrogen (secondary N) is 1. The van der Waals surface area contributed by atoms with Gasteiger partial charge in [-0.15, -0.1) is 0 Å². The molecule has 0 bridgehead atoms. The third-order valence-corrected chi connectivity index (χ3v) is 2.57. The average Bonchev–Trinajstić information content (AvgIpc) is 2.97. The van der Waals surface area contributed by atoms with E-state index in [-0.39, 0.29) is 12.1 Å². The van der Waals surface area contributed by atoms with Gasteiger partial charge in [-0.1, -0.05) is 11.2 Å². The second-order valence-electron chi connectivity index (χ2n) is 4.08. The van der Waals surface area contributed by atoms with Crippen LogP contribution < -0.4 is 5.32 Å². The van der Waals surface area contributed by atoms with Crippen molar-refractivity contribution in [1.82, 2.24) is 10.5 Å². The predicted octanol–water partition coefficient (Wildman–Crippen LogP) is 1.84. The molecular weight excluding hydrogens is 279 g/mol. The summed E-state index contributed by atoms with van der Waals surface area (Å²) in [4.78, 5) is 22.3. The molecule has 1 amide bonds. The molecule has 0 saturated heterocycles. The monoisotopic (exact) mass is 290 g/mol. The summed E-state index contributed by atoms with van der Waals surface area (Å²) in [6.45, 7) is 0.101. The molecule has 1 heterocycles. The molecule has 2 aromatic rings. The van der Waals surface area contributed by atoms with Crippen molar-refractivity contribution in [3.8, 4) is 0 Å². The molecule has 0 aliphatic rings. The zero-order chi connectivity index (χ0) is 15.2. The average molecular weight is 290 g/mol. The number of carboxylic acids is 1. The predicted molar refractivity (Wildman–Crippen MR) is 70.7 cm³/mol. The molecular formula is C14H11FN2O4. The SMILES string of the molecule is O=C(O)/C=C/c1ccc(F)c(C(=O)NCc2ccon2)c1. The highest BCUT2D eigenvalue weighted by atomic mass is 19.1. The van der Waals surface area contributed by atoms with Gasteiger partial charge in [0, 0.05) is 12.1 Å². The molecule has 0 spiro atoms. The van der Waals surface area contributed by atoms with Crippen LogP contribution in [0.15, 0.2) is 41.1 Å². The van der Waals surface area contributed by atoms with Crippen molar-refractivity contribution in [3.05, 3.63) is 59.2 Å².